The van der Waals surface area contributed by atoms with Crippen molar-refractivity contribution < 1.29 is 23.8 Å². The monoisotopic (exact) mass is 623 g/mol. The molecule has 1 N–H and O–H groups in total. The first-order chi connectivity index (χ1) is 20.6. The predicted molar refractivity (Wildman–Crippen MR) is 164 cm³/mol. The van der Waals surface area contributed by atoms with Gasteiger partial charge in [-0.2, -0.15) is 5.10 Å². The van der Waals surface area contributed by atoms with Crippen molar-refractivity contribution in [2.75, 3.05) is 20.1 Å². The van der Waals surface area contributed by atoms with Crippen LogP contribution in [-0.2, 0) is 7.05 Å². The molecule has 1 saturated heterocycles. The maximum absolute atomic E-state index is 15.2. The van der Waals surface area contributed by atoms with Crippen molar-refractivity contribution >= 4 is 39.9 Å². The molecule has 5 aromatic rings. The number of nitrogens with zero attached hydrogens (tertiary/aromatic N) is 5. The number of aryl methyl sites for hydroxylation is 1. The lowest BCUT2D eigenvalue weighted by atomic mass is 10.1. The molecule has 0 amide bonds. The fraction of sp³-hybridized carbons (Fsp3) is 0.323. The van der Waals surface area contributed by atoms with Gasteiger partial charge in [-0.1, -0.05) is 17.7 Å². The SMILES string of the molecule is Cc1c(-n2cnc3cc(-c4cnn(C)c4)ccc32)sc(C(=O)O)c1OC(C)c1c(F)ccc(OC2CCN(C)CC2)c1Cl. The second-order valence-electron chi connectivity index (χ2n) is 10.9. The molecule has 1 aliphatic rings. The zero-order valence-electron chi connectivity index (χ0n) is 24.2. The zero-order valence-corrected chi connectivity index (χ0v) is 25.7. The van der Waals surface area contributed by atoms with Crippen molar-refractivity contribution in [1.29, 1.82) is 0 Å². The highest BCUT2D eigenvalue weighted by Crippen LogP contribution is 2.43. The summed E-state index contributed by atoms with van der Waals surface area (Å²) in [5, 5.41) is 15.1. The largest absolute Gasteiger partial charge is 0.489 e. The second kappa shape index (κ2) is 11.6. The number of hydrogen-bond acceptors (Lipinski definition) is 7. The number of rotatable bonds is 8. The van der Waals surface area contributed by atoms with E-state index in [1.54, 1.807) is 31.1 Å². The van der Waals surface area contributed by atoms with Crippen LogP contribution >= 0.6 is 22.9 Å². The molecular formula is C31H31ClFN5O4S. The maximum Gasteiger partial charge on any atom is 0.349 e. The van der Waals surface area contributed by atoms with Crippen molar-refractivity contribution in [3.8, 4) is 27.6 Å². The topological polar surface area (TPSA) is 94.6 Å². The Morgan fingerprint density at radius 2 is 1.95 bits per heavy atom. The van der Waals surface area contributed by atoms with Crippen molar-refractivity contribution in [2.45, 2.75) is 38.9 Å². The molecule has 224 valence electrons. The summed E-state index contributed by atoms with van der Waals surface area (Å²) in [4.78, 5) is 19.2. The molecule has 6 rings (SSSR count). The van der Waals surface area contributed by atoms with Crippen LogP contribution in [0.5, 0.6) is 11.5 Å². The molecule has 1 aliphatic heterocycles. The lowest BCUT2D eigenvalue weighted by Crippen LogP contribution is -2.35. The lowest BCUT2D eigenvalue weighted by molar-refractivity contribution is 0.0695. The predicted octanol–water partition coefficient (Wildman–Crippen LogP) is 6.90. The summed E-state index contributed by atoms with van der Waals surface area (Å²) in [7, 11) is 3.93. The van der Waals surface area contributed by atoms with Gasteiger partial charge in [0.25, 0.3) is 0 Å². The van der Waals surface area contributed by atoms with Crippen LogP contribution in [0, 0.1) is 12.7 Å². The maximum atomic E-state index is 15.2. The van der Waals surface area contributed by atoms with Crippen LogP contribution < -0.4 is 9.47 Å². The molecule has 0 saturated carbocycles. The van der Waals surface area contributed by atoms with Gasteiger partial charge < -0.3 is 19.5 Å². The summed E-state index contributed by atoms with van der Waals surface area (Å²) in [6, 6.07) is 8.73. The fourth-order valence-electron chi connectivity index (χ4n) is 5.45. The Kier molecular flexibility index (Phi) is 7.89. The van der Waals surface area contributed by atoms with Crippen LogP contribution in [0.3, 0.4) is 0 Å². The van der Waals surface area contributed by atoms with E-state index in [-0.39, 0.29) is 27.3 Å². The van der Waals surface area contributed by atoms with Crippen LogP contribution in [0.15, 0.2) is 49.1 Å². The Morgan fingerprint density at radius 1 is 1.19 bits per heavy atom. The summed E-state index contributed by atoms with van der Waals surface area (Å²) < 4.78 is 31.1. The summed E-state index contributed by atoms with van der Waals surface area (Å²) in [6.07, 6.45) is 6.16. The first kappa shape index (κ1) is 29.2. The van der Waals surface area contributed by atoms with Crippen LogP contribution in [0.2, 0.25) is 5.02 Å². The molecule has 12 heteroatoms. The van der Waals surface area contributed by atoms with Gasteiger partial charge in [-0.15, -0.1) is 11.3 Å². The average Bonchev–Trinajstić information content (AvgIpc) is 3.68. The molecule has 0 spiro atoms. The number of carboxylic acids is 1. The number of fused-ring (bicyclic) bond motifs is 1. The van der Waals surface area contributed by atoms with Crippen molar-refractivity contribution in [3.63, 3.8) is 0 Å². The number of benzene rings is 2. The number of carbonyl (C=O) groups is 1. The van der Waals surface area contributed by atoms with E-state index in [0.717, 1.165) is 59.4 Å². The van der Waals surface area contributed by atoms with E-state index in [1.165, 1.54) is 12.1 Å². The Balaban J connectivity index is 1.31. The van der Waals surface area contributed by atoms with Gasteiger partial charge in [0.2, 0.25) is 0 Å². The van der Waals surface area contributed by atoms with Crippen LogP contribution in [-0.4, -0.2) is 61.5 Å². The zero-order chi connectivity index (χ0) is 30.4. The molecule has 1 unspecified atom stereocenters. The van der Waals surface area contributed by atoms with E-state index in [2.05, 4.69) is 22.0 Å². The fourth-order valence-corrected chi connectivity index (χ4v) is 6.87. The number of thiophene rings is 1. The first-order valence-electron chi connectivity index (χ1n) is 13.9. The molecule has 0 aliphatic carbocycles. The van der Waals surface area contributed by atoms with Gasteiger partial charge in [0.1, 0.15) is 35.1 Å². The van der Waals surface area contributed by atoms with Crippen molar-refractivity contribution in [3.05, 3.63) is 75.9 Å². The molecule has 0 bridgehead atoms. The van der Waals surface area contributed by atoms with E-state index in [1.807, 2.05) is 36.0 Å². The number of imidazole rings is 1. The van der Waals surface area contributed by atoms with Crippen LogP contribution in [0.25, 0.3) is 27.2 Å². The Labute approximate surface area is 257 Å². The Bertz CT molecular complexity index is 1820. The number of hydrogen-bond donors (Lipinski definition) is 1. The normalized spacial score (nSPS) is 15.2. The Morgan fingerprint density at radius 3 is 2.65 bits per heavy atom. The van der Waals surface area contributed by atoms with E-state index in [9.17, 15) is 9.90 Å². The standard InChI is InChI=1S/C31H31ClFN5O4S/c1-17-28(41-18(2)26-22(33)6-8-25(27(26)32)42-21-9-11-36(3)12-10-21)29(31(39)40)43-30(17)38-16-34-23-13-19(5-7-24(23)38)20-14-35-37(4)15-20/h5-8,13-16,18,21H,9-12H2,1-4H3,(H,39,40). The van der Waals surface area contributed by atoms with E-state index in [0.29, 0.717) is 16.3 Å². The summed E-state index contributed by atoms with van der Waals surface area (Å²) >= 11 is 7.76. The highest BCUT2D eigenvalue weighted by molar-refractivity contribution is 7.17. The summed E-state index contributed by atoms with van der Waals surface area (Å²) in [6.45, 7) is 5.25. The number of piperidine rings is 1. The summed E-state index contributed by atoms with van der Waals surface area (Å²) in [5.74, 6) is -1.15. The third kappa shape index (κ3) is 5.60. The van der Waals surface area contributed by atoms with Gasteiger partial charge in [0, 0.05) is 37.5 Å². The van der Waals surface area contributed by atoms with Gasteiger partial charge in [0.15, 0.2) is 10.6 Å². The van der Waals surface area contributed by atoms with E-state index >= 15 is 4.39 Å². The molecule has 4 heterocycles. The van der Waals surface area contributed by atoms with Gasteiger partial charge in [-0.25, -0.2) is 14.2 Å². The molecule has 3 aromatic heterocycles. The number of aromatic carboxylic acids is 1. The molecule has 1 fully saturated rings. The highest BCUT2D eigenvalue weighted by Gasteiger charge is 2.28. The minimum Gasteiger partial charge on any atom is -0.489 e. The second-order valence-corrected chi connectivity index (χ2v) is 12.2. The number of carboxylic acid groups (broad SMARTS) is 1. The van der Waals surface area contributed by atoms with Crippen molar-refractivity contribution in [2.24, 2.45) is 7.05 Å². The smallest absolute Gasteiger partial charge is 0.349 e. The van der Waals surface area contributed by atoms with E-state index in [4.69, 9.17) is 21.1 Å². The minimum atomic E-state index is -1.14. The number of likely N-dealkylation sites (tertiary alicyclic amines) is 1. The van der Waals surface area contributed by atoms with Crippen LogP contribution in [0.1, 0.15) is 46.7 Å². The number of aromatic nitrogens is 4. The number of halogens is 2. The van der Waals surface area contributed by atoms with Crippen molar-refractivity contribution in [1.82, 2.24) is 24.2 Å². The third-order valence-corrected chi connectivity index (χ3v) is 9.47. The third-order valence-electron chi connectivity index (χ3n) is 7.82. The molecule has 0 radical (unpaired) electrons. The molecular weight excluding hydrogens is 593 g/mol. The molecule has 1 atom stereocenters. The van der Waals surface area contributed by atoms with Gasteiger partial charge >= 0.3 is 5.97 Å². The molecule has 9 nitrogen and oxygen atoms in total. The van der Waals surface area contributed by atoms with Gasteiger partial charge in [-0.3, -0.25) is 9.25 Å². The molecule has 2 aromatic carbocycles. The average molecular weight is 624 g/mol. The Hall–Kier alpha value is -3.93. The van der Waals surface area contributed by atoms with E-state index < -0.39 is 17.9 Å². The number of ether oxygens (including phenoxy) is 2. The van der Waals surface area contributed by atoms with Gasteiger partial charge in [-0.05, 0) is 63.6 Å². The lowest BCUT2D eigenvalue weighted by Gasteiger charge is -2.30. The minimum absolute atomic E-state index is 0.00319. The summed E-state index contributed by atoms with van der Waals surface area (Å²) in [5.41, 5.74) is 4.21. The van der Waals surface area contributed by atoms with Gasteiger partial charge in [0.05, 0.1) is 27.8 Å². The highest BCUT2D eigenvalue weighted by atomic mass is 35.5. The first-order valence-corrected chi connectivity index (χ1v) is 15.1. The van der Waals surface area contributed by atoms with Crippen LogP contribution in [0.4, 0.5) is 4.39 Å². The molecule has 43 heavy (non-hydrogen) atoms. The quantitative estimate of drug-likeness (QED) is 0.201.